The molecule has 8 heteroatoms. The van der Waals surface area contributed by atoms with Crippen LogP contribution in [0.15, 0.2) is 18.2 Å². The van der Waals surface area contributed by atoms with Gasteiger partial charge in [0.25, 0.3) is 11.8 Å². The maximum atomic E-state index is 12.3. The van der Waals surface area contributed by atoms with Gasteiger partial charge in [0.15, 0.2) is 6.29 Å². The lowest BCUT2D eigenvalue weighted by Crippen LogP contribution is -2.57. The Hall–Kier alpha value is -2.74. The average molecular weight is 291 g/mol. The third-order valence-electron chi connectivity index (χ3n) is 3.21. The Bertz CT molecular complexity index is 628. The van der Waals surface area contributed by atoms with Crippen molar-refractivity contribution in [3.63, 3.8) is 0 Å². The molecule has 1 atom stereocenters. The third kappa shape index (κ3) is 2.75. The van der Waals surface area contributed by atoms with Crippen LogP contribution in [0.25, 0.3) is 0 Å². The van der Waals surface area contributed by atoms with Gasteiger partial charge < -0.3 is 5.11 Å². The lowest BCUT2D eigenvalue weighted by Gasteiger charge is -2.29. The highest BCUT2D eigenvalue weighted by atomic mass is 16.3. The third-order valence-corrected chi connectivity index (χ3v) is 3.21. The van der Waals surface area contributed by atoms with Gasteiger partial charge in [-0.2, -0.15) is 0 Å². The van der Waals surface area contributed by atoms with Crippen LogP contribution in [0.1, 0.15) is 33.6 Å². The number of phenols is 1. The number of hydrogen-bond acceptors (Lipinski definition) is 6. The van der Waals surface area contributed by atoms with Crippen molar-refractivity contribution in [1.82, 2.24) is 10.3 Å². The van der Waals surface area contributed by atoms with Crippen LogP contribution in [-0.4, -0.2) is 40.2 Å². The fourth-order valence-electron chi connectivity index (χ4n) is 2.09. The molecule has 8 nitrogen and oxygen atoms in total. The number of nitrogens with one attached hydrogen (secondary N) is 1. The summed E-state index contributed by atoms with van der Waals surface area (Å²) in [6.07, 6.45) is 0.501. The first-order chi connectivity index (χ1) is 9.95. The number of amides is 3. The maximum Gasteiger partial charge on any atom is 0.269 e. The van der Waals surface area contributed by atoms with Crippen molar-refractivity contribution in [3.8, 4) is 5.75 Å². The lowest BCUT2D eigenvalue weighted by atomic mass is 10.0. The van der Waals surface area contributed by atoms with E-state index >= 15 is 0 Å². The summed E-state index contributed by atoms with van der Waals surface area (Å²) in [5.41, 5.74) is -0.317. The number of carbonyl (C=O) groups excluding carboxylic acids is 4. The molecule has 1 fully saturated rings. The van der Waals surface area contributed by atoms with Crippen LogP contribution in [0.3, 0.4) is 0 Å². The van der Waals surface area contributed by atoms with Crippen molar-refractivity contribution >= 4 is 24.0 Å². The largest absolute Gasteiger partial charge is 0.507 e. The molecule has 0 radical (unpaired) electrons. The van der Waals surface area contributed by atoms with Crippen LogP contribution in [0.5, 0.6) is 5.75 Å². The van der Waals surface area contributed by atoms with Gasteiger partial charge in [-0.15, -0.1) is 0 Å². The number of piperidine rings is 1. The smallest absolute Gasteiger partial charge is 0.269 e. The van der Waals surface area contributed by atoms with Gasteiger partial charge in [-0.05, 0) is 18.6 Å². The summed E-state index contributed by atoms with van der Waals surface area (Å²) in [5, 5.41) is 12.3. The first-order valence-corrected chi connectivity index (χ1v) is 6.14. The molecule has 1 aliphatic rings. The van der Waals surface area contributed by atoms with Crippen LogP contribution >= 0.6 is 0 Å². The molecule has 0 spiro atoms. The molecule has 0 aromatic heterocycles. The zero-order valence-corrected chi connectivity index (χ0v) is 10.9. The molecule has 1 aromatic rings. The molecule has 1 heterocycles. The van der Waals surface area contributed by atoms with Gasteiger partial charge in [0.2, 0.25) is 5.91 Å². The Kier molecular flexibility index (Phi) is 3.99. The van der Waals surface area contributed by atoms with Crippen molar-refractivity contribution in [2.45, 2.75) is 18.9 Å². The average Bonchev–Trinajstić information content (AvgIpc) is 2.45. The van der Waals surface area contributed by atoms with E-state index in [1.807, 2.05) is 0 Å². The summed E-state index contributed by atoms with van der Waals surface area (Å²) in [6.45, 7) is 0. The highest BCUT2D eigenvalue weighted by molar-refractivity contribution is 6.06. The molecule has 2 rings (SSSR count). The Morgan fingerprint density at radius 3 is 2.76 bits per heavy atom. The molecular weight excluding hydrogens is 278 g/mol. The number of hydrogen-bond donors (Lipinski definition) is 3. The molecule has 1 saturated heterocycles. The van der Waals surface area contributed by atoms with Crippen molar-refractivity contribution in [2.24, 2.45) is 5.84 Å². The van der Waals surface area contributed by atoms with E-state index in [4.69, 9.17) is 5.84 Å². The SMILES string of the molecule is NN(C(=O)c1cccc(O)c1C=O)C1CCC(=O)NC1=O. The van der Waals surface area contributed by atoms with E-state index < -0.39 is 23.8 Å². The van der Waals surface area contributed by atoms with Gasteiger partial charge in [-0.3, -0.25) is 29.5 Å². The summed E-state index contributed by atoms with van der Waals surface area (Å²) in [6, 6.07) is 2.95. The summed E-state index contributed by atoms with van der Waals surface area (Å²) in [5.74, 6) is 3.40. The van der Waals surface area contributed by atoms with E-state index in [1.165, 1.54) is 18.2 Å². The summed E-state index contributed by atoms with van der Waals surface area (Å²) in [7, 11) is 0. The number of nitrogens with two attached hydrogens (primary N) is 1. The molecule has 1 aliphatic heterocycles. The normalized spacial score (nSPS) is 18.0. The Balaban J connectivity index is 2.28. The summed E-state index contributed by atoms with van der Waals surface area (Å²) in [4.78, 5) is 46.0. The van der Waals surface area contributed by atoms with Gasteiger partial charge in [0.05, 0.1) is 11.1 Å². The Morgan fingerprint density at radius 2 is 2.14 bits per heavy atom. The van der Waals surface area contributed by atoms with Crippen LogP contribution in [0.2, 0.25) is 0 Å². The van der Waals surface area contributed by atoms with E-state index in [0.29, 0.717) is 11.3 Å². The fraction of sp³-hybridized carbons (Fsp3) is 0.231. The van der Waals surface area contributed by atoms with Crippen LogP contribution in [0.4, 0.5) is 0 Å². The van der Waals surface area contributed by atoms with Gasteiger partial charge in [-0.1, -0.05) is 6.07 Å². The topological polar surface area (TPSA) is 130 Å². The second-order valence-corrected chi connectivity index (χ2v) is 4.54. The molecule has 0 bridgehead atoms. The lowest BCUT2D eigenvalue weighted by molar-refractivity contribution is -0.136. The number of phenolic OH excluding ortho intramolecular Hbond substituents is 1. The van der Waals surface area contributed by atoms with Crippen molar-refractivity contribution in [3.05, 3.63) is 29.3 Å². The van der Waals surface area contributed by atoms with Crippen molar-refractivity contribution in [2.75, 3.05) is 0 Å². The molecule has 0 saturated carbocycles. The molecule has 3 amide bonds. The minimum absolute atomic E-state index is 0.0674. The molecule has 1 aromatic carbocycles. The van der Waals surface area contributed by atoms with Crippen LogP contribution in [-0.2, 0) is 9.59 Å². The quantitative estimate of drug-likeness (QED) is 0.222. The predicted octanol–water partition coefficient (Wildman–Crippen LogP) is -0.674. The fourth-order valence-corrected chi connectivity index (χ4v) is 2.09. The van der Waals surface area contributed by atoms with Crippen LogP contribution < -0.4 is 11.2 Å². The Labute approximate surface area is 119 Å². The number of aromatic hydroxyl groups is 1. The minimum Gasteiger partial charge on any atom is -0.507 e. The van der Waals surface area contributed by atoms with E-state index in [9.17, 15) is 24.3 Å². The number of rotatable bonds is 3. The number of carbonyl (C=O) groups is 4. The van der Waals surface area contributed by atoms with E-state index in [2.05, 4.69) is 5.32 Å². The minimum atomic E-state index is -1.00. The van der Waals surface area contributed by atoms with E-state index in [1.54, 1.807) is 0 Å². The highest BCUT2D eigenvalue weighted by Gasteiger charge is 2.34. The van der Waals surface area contributed by atoms with Gasteiger partial charge >= 0.3 is 0 Å². The van der Waals surface area contributed by atoms with E-state index in [0.717, 1.165) is 0 Å². The Morgan fingerprint density at radius 1 is 1.43 bits per heavy atom. The number of hydrazine groups is 1. The number of aldehydes is 1. The van der Waals surface area contributed by atoms with Gasteiger partial charge in [0, 0.05) is 6.42 Å². The monoisotopic (exact) mass is 291 g/mol. The first kappa shape index (κ1) is 14.7. The second-order valence-electron chi connectivity index (χ2n) is 4.54. The highest BCUT2D eigenvalue weighted by Crippen LogP contribution is 2.21. The molecule has 4 N–H and O–H groups in total. The van der Waals surface area contributed by atoms with Crippen molar-refractivity contribution in [1.29, 1.82) is 0 Å². The molecule has 110 valence electrons. The van der Waals surface area contributed by atoms with Gasteiger partial charge in [0.1, 0.15) is 11.8 Å². The van der Waals surface area contributed by atoms with Gasteiger partial charge in [-0.25, -0.2) is 5.84 Å². The molecule has 0 aliphatic carbocycles. The van der Waals surface area contributed by atoms with Crippen LogP contribution in [0, 0.1) is 0 Å². The number of imide groups is 1. The van der Waals surface area contributed by atoms with E-state index in [-0.39, 0.29) is 29.7 Å². The number of nitrogens with zero attached hydrogens (tertiary/aromatic N) is 1. The zero-order valence-electron chi connectivity index (χ0n) is 10.9. The predicted molar refractivity (Wildman–Crippen MR) is 70.0 cm³/mol. The molecule has 1 unspecified atom stereocenters. The van der Waals surface area contributed by atoms with Crippen molar-refractivity contribution < 1.29 is 24.3 Å². The molecule has 21 heavy (non-hydrogen) atoms. The number of benzene rings is 1. The summed E-state index contributed by atoms with van der Waals surface area (Å²) < 4.78 is 0. The second kappa shape index (κ2) is 5.71. The first-order valence-electron chi connectivity index (χ1n) is 6.14. The summed E-state index contributed by atoms with van der Waals surface area (Å²) >= 11 is 0. The zero-order chi connectivity index (χ0) is 15.6. The maximum absolute atomic E-state index is 12.3. The molecular formula is C13H13N3O5. The standard InChI is InChI=1S/C13H13N3O5/c14-16(9-4-5-11(19)15-12(9)20)13(21)7-2-1-3-10(18)8(7)6-17/h1-3,6,9,18H,4-5,14H2,(H,15,19,20).